The maximum Gasteiger partial charge on any atom is 0.315 e. The molecule has 0 radical (unpaired) electrons. The van der Waals surface area contributed by atoms with Gasteiger partial charge in [-0.2, -0.15) is 0 Å². The highest BCUT2D eigenvalue weighted by atomic mass is 79.9. The van der Waals surface area contributed by atoms with E-state index in [0.717, 1.165) is 21.7 Å². The molecule has 1 saturated heterocycles. The van der Waals surface area contributed by atoms with Crippen LogP contribution in [0.5, 0.6) is 0 Å². The van der Waals surface area contributed by atoms with Crippen molar-refractivity contribution in [3.63, 3.8) is 0 Å². The predicted molar refractivity (Wildman–Crippen MR) is 78.3 cm³/mol. The lowest BCUT2D eigenvalue weighted by Gasteiger charge is -2.19. The van der Waals surface area contributed by atoms with E-state index in [9.17, 15) is 4.79 Å². The van der Waals surface area contributed by atoms with Crippen LogP contribution in [0.15, 0.2) is 15.9 Å². The number of carbonyl (C=O) groups excluding carboxylic acids is 1. The fraction of sp³-hybridized carbons (Fsp3) is 0.615. The maximum absolute atomic E-state index is 11.9. The minimum absolute atomic E-state index is 0.0920. The molecule has 0 spiro atoms. The summed E-state index contributed by atoms with van der Waals surface area (Å²) in [7, 11) is 0. The fourth-order valence-electron chi connectivity index (χ4n) is 2.49. The van der Waals surface area contributed by atoms with Gasteiger partial charge in [-0.3, -0.25) is 0 Å². The van der Waals surface area contributed by atoms with Gasteiger partial charge in [0.15, 0.2) is 0 Å². The smallest absolute Gasteiger partial charge is 0.315 e. The minimum atomic E-state index is -0.0920. The van der Waals surface area contributed by atoms with Crippen molar-refractivity contribution in [2.75, 3.05) is 6.61 Å². The van der Waals surface area contributed by atoms with Crippen LogP contribution in [0, 0.1) is 5.92 Å². The van der Waals surface area contributed by atoms with Gasteiger partial charge in [0, 0.05) is 11.5 Å². The van der Waals surface area contributed by atoms with Crippen LogP contribution in [0.4, 0.5) is 4.79 Å². The van der Waals surface area contributed by atoms with Gasteiger partial charge in [-0.1, -0.05) is 0 Å². The lowest BCUT2D eigenvalue weighted by Crippen LogP contribution is -2.46. The summed E-state index contributed by atoms with van der Waals surface area (Å²) in [6.45, 7) is 1.34. The summed E-state index contributed by atoms with van der Waals surface area (Å²) in [4.78, 5) is 13.0. The van der Waals surface area contributed by atoms with E-state index in [1.165, 1.54) is 12.8 Å². The summed E-state index contributed by atoms with van der Waals surface area (Å²) in [5.74, 6) is 0.668. The van der Waals surface area contributed by atoms with Gasteiger partial charge in [-0.15, -0.1) is 11.3 Å². The molecule has 1 saturated carbocycles. The van der Waals surface area contributed by atoms with Crippen LogP contribution in [0.3, 0.4) is 0 Å². The molecule has 0 aromatic carbocycles. The topological polar surface area (TPSA) is 50.4 Å². The summed E-state index contributed by atoms with van der Waals surface area (Å²) in [6, 6.07) is 4.10. The molecule has 2 aliphatic rings. The van der Waals surface area contributed by atoms with Crippen LogP contribution < -0.4 is 10.6 Å². The van der Waals surface area contributed by atoms with Crippen molar-refractivity contribution < 1.29 is 9.53 Å². The Bertz CT molecular complexity index is 461. The zero-order valence-electron chi connectivity index (χ0n) is 10.5. The van der Waals surface area contributed by atoms with E-state index in [0.29, 0.717) is 12.5 Å². The number of hydrogen-bond acceptors (Lipinski definition) is 3. The Kier molecular flexibility index (Phi) is 4.10. The lowest BCUT2D eigenvalue weighted by molar-refractivity contribution is 0.0825. The molecule has 4 nitrogen and oxygen atoms in total. The van der Waals surface area contributed by atoms with Crippen LogP contribution in [0.1, 0.15) is 24.1 Å². The lowest BCUT2D eigenvalue weighted by atomic mass is 10.1. The SMILES string of the molecule is O=C(NCc1ccc(Br)s1)N[C@H]1CCO[C@@H]1C1CC1. The average molecular weight is 345 g/mol. The third-order valence-electron chi connectivity index (χ3n) is 3.59. The molecule has 0 unspecified atom stereocenters. The number of carbonyl (C=O) groups is 1. The second-order valence-corrected chi connectivity index (χ2v) is 7.65. The van der Waals surface area contributed by atoms with Gasteiger partial charge in [0.1, 0.15) is 0 Å². The van der Waals surface area contributed by atoms with E-state index < -0.39 is 0 Å². The predicted octanol–water partition coefficient (Wildman–Crippen LogP) is 2.88. The molecule has 6 heteroatoms. The third-order valence-corrected chi connectivity index (χ3v) is 5.21. The van der Waals surface area contributed by atoms with Gasteiger partial charge in [-0.25, -0.2) is 4.79 Å². The Morgan fingerprint density at radius 3 is 2.95 bits per heavy atom. The van der Waals surface area contributed by atoms with Crippen molar-refractivity contribution in [1.82, 2.24) is 10.6 Å². The van der Waals surface area contributed by atoms with Crippen LogP contribution in [-0.4, -0.2) is 24.8 Å². The summed E-state index contributed by atoms with van der Waals surface area (Å²) in [5.41, 5.74) is 0. The van der Waals surface area contributed by atoms with E-state index in [1.807, 2.05) is 12.1 Å². The van der Waals surface area contributed by atoms with Crippen LogP contribution in [0.25, 0.3) is 0 Å². The normalized spacial score (nSPS) is 26.4. The first-order chi connectivity index (χ1) is 9.22. The molecular weight excluding hydrogens is 328 g/mol. The molecule has 2 atom stereocenters. The highest BCUT2D eigenvalue weighted by Crippen LogP contribution is 2.38. The van der Waals surface area contributed by atoms with E-state index >= 15 is 0 Å². The Balaban J connectivity index is 1.45. The number of rotatable bonds is 4. The number of thiophene rings is 1. The molecular formula is C13H17BrN2O2S. The quantitative estimate of drug-likeness (QED) is 0.882. The molecule has 1 aliphatic heterocycles. The van der Waals surface area contributed by atoms with Gasteiger partial charge >= 0.3 is 6.03 Å². The number of amides is 2. The summed E-state index contributed by atoms with van der Waals surface area (Å²) in [5, 5.41) is 5.95. The second-order valence-electron chi connectivity index (χ2n) is 5.10. The van der Waals surface area contributed by atoms with Gasteiger partial charge in [-0.05, 0) is 53.2 Å². The van der Waals surface area contributed by atoms with E-state index in [2.05, 4.69) is 26.6 Å². The number of nitrogens with one attached hydrogen (secondary N) is 2. The fourth-order valence-corrected chi connectivity index (χ4v) is 3.91. The van der Waals surface area contributed by atoms with Crippen LogP contribution in [0.2, 0.25) is 0 Å². The van der Waals surface area contributed by atoms with E-state index in [-0.39, 0.29) is 18.2 Å². The molecule has 19 heavy (non-hydrogen) atoms. The average Bonchev–Trinajstić information content (AvgIpc) is 2.99. The van der Waals surface area contributed by atoms with Crippen LogP contribution in [-0.2, 0) is 11.3 Å². The van der Waals surface area contributed by atoms with Crippen molar-refractivity contribution in [1.29, 1.82) is 0 Å². The van der Waals surface area contributed by atoms with Gasteiger partial charge in [0.05, 0.1) is 22.5 Å². The number of urea groups is 1. The minimum Gasteiger partial charge on any atom is -0.376 e. The molecule has 1 aromatic heterocycles. The molecule has 0 bridgehead atoms. The van der Waals surface area contributed by atoms with Crippen LogP contribution >= 0.6 is 27.3 Å². The van der Waals surface area contributed by atoms with Gasteiger partial charge in [0.25, 0.3) is 0 Å². The molecule has 2 amide bonds. The van der Waals surface area contributed by atoms with E-state index in [1.54, 1.807) is 11.3 Å². The van der Waals surface area contributed by atoms with Crippen molar-refractivity contribution in [3.8, 4) is 0 Å². The molecule has 2 heterocycles. The highest BCUT2D eigenvalue weighted by Gasteiger charge is 2.41. The monoisotopic (exact) mass is 344 g/mol. The second kappa shape index (κ2) is 5.81. The molecule has 1 aliphatic carbocycles. The Hall–Kier alpha value is -0.590. The highest BCUT2D eigenvalue weighted by molar-refractivity contribution is 9.11. The first-order valence-electron chi connectivity index (χ1n) is 6.62. The summed E-state index contributed by atoms with van der Waals surface area (Å²) < 4.78 is 6.80. The Morgan fingerprint density at radius 2 is 2.26 bits per heavy atom. The molecule has 2 fully saturated rings. The number of ether oxygens (including phenoxy) is 1. The van der Waals surface area contributed by atoms with Crippen molar-refractivity contribution >= 4 is 33.3 Å². The van der Waals surface area contributed by atoms with Crippen molar-refractivity contribution in [2.45, 2.75) is 38.0 Å². The largest absolute Gasteiger partial charge is 0.376 e. The molecule has 2 N–H and O–H groups in total. The first kappa shape index (κ1) is 13.4. The number of hydrogen-bond donors (Lipinski definition) is 2. The molecule has 104 valence electrons. The van der Waals surface area contributed by atoms with E-state index in [4.69, 9.17) is 4.74 Å². The van der Waals surface area contributed by atoms with Crippen molar-refractivity contribution in [3.05, 3.63) is 20.8 Å². The van der Waals surface area contributed by atoms with Gasteiger partial charge in [0.2, 0.25) is 0 Å². The van der Waals surface area contributed by atoms with Crippen molar-refractivity contribution in [2.24, 2.45) is 5.92 Å². The Labute approximate surface area is 125 Å². The summed E-state index contributed by atoms with van der Waals surface area (Å²) in [6.07, 6.45) is 3.65. The Morgan fingerprint density at radius 1 is 1.42 bits per heavy atom. The number of halogens is 1. The standard InChI is InChI=1S/C13H17BrN2O2S/c14-11-4-3-9(19-11)7-15-13(17)16-10-5-6-18-12(10)8-1-2-8/h3-4,8,10,12H,1-2,5-7H2,(H2,15,16,17)/t10-,12+/m0/s1. The van der Waals surface area contributed by atoms with Gasteiger partial charge < -0.3 is 15.4 Å². The zero-order chi connectivity index (χ0) is 13.2. The molecule has 3 rings (SSSR count). The summed E-state index contributed by atoms with van der Waals surface area (Å²) >= 11 is 5.05. The first-order valence-corrected chi connectivity index (χ1v) is 8.23. The maximum atomic E-state index is 11.9. The zero-order valence-corrected chi connectivity index (χ0v) is 12.9. The third kappa shape index (κ3) is 3.49. The molecule has 1 aromatic rings.